The van der Waals surface area contributed by atoms with Crippen LogP contribution in [0.5, 0.6) is 0 Å². The lowest BCUT2D eigenvalue weighted by Crippen LogP contribution is -2.25. The molecule has 4 nitrogen and oxygen atoms in total. The maximum atomic E-state index is 5.36. The molecule has 1 heterocycles. The SMILES string of the molecule is CC(NN)c1ccc2nccnc2c1. The summed E-state index contributed by atoms with van der Waals surface area (Å²) in [6, 6.07) is 6.07. The van der Waals surface area contributed by atoms with Gasteiger partial charge in [-0.15, -0.1) is 0 Å². The average Bonchev–Trinajstić information content (AvgIpc) is 2.27. The molecule has 4 heteroatoms. The minimum atomic E-state index is 0.126. The van der Waals surface area contributed by atoms with Gasteiger partial charge in [0.15, 0.2) is 0 Å². The van der Waals surface area contributed by atoms with E-state index in [2.05, 4.69) is 15.4 Å². The Balaban J connectivity index is 2.51. The maximum Gasteiger partial charge on any atom is 0.0890 e. The van der Waals surface area contributed by atoms with Crippen molar-refractivity contribution in [1.82, 2.24) is 15.4 Å². The molecule has 72 valence electrons. The van der Waals surface area contributed by atoms with Crippen molar-refractivity contribution in [3.05, 3.63) is 36.2 Å². The second-order valence-corrected chi connectivity index (χ2v) is 3.19. The average molecular weight is 188 g/mol. The van der Waals surface area contributed by atoms with Gasteiger partial charge in [-0.05, 0) is 24.6 Å². The highest BCUT2D eigenvalue weighted by Crippen LogP contribution is 2.16. The van der Waals surface area contributed by atoms with Gasteiger partial charge >= 0.3 is 0 Å². The molecule has 1 aromatic carbocycles. The fourth-order valence-corrected chi connectivity index (χ4v) is 1.35. The molecule has 0 bridgehead atoms. The molecule has 2 rings (SSSR count). The quantitative estimate of drug-likeness (QED) is 0.548. The van der Waals surface area contributed by atoms with E-state index >= 15 is 0 Å². The molecule has 2 aromatic rings. The number of hydrazine groups is 1. The van der Waals surface area contributed by atoms with Crippen molar-refractivity contribution in [3.8, 4) is 0 Å². The highest BCUT2D eigenvalue weighted by Gasteiger charge is 2.03. The van der Waals surface area contributed by atoms with Gasteiger partial charge in [0, 0.05) is 18.4 Å². The molecular formula is C10H12N4. The highest BCUT2D eigenvalue weighted by atomic mass is 15.2. The van der Waals surface area contributed by atoms with Crippen molar-refractivity contribution in [1.29, 1.82) is 0 Å². The maximum absolute atomic E-state index is 5.36. The summed E-state index contributed by atoms with van der Waals surface area (Å²) in [5.41, 5.74) is 5.61. The third-order valence-electron chi connectivity index (χ3n) is 2.24. The smallest absolute Gasteiger partial charge is 0.0890 e. The zero-order valence-electron chi connectivity index (χ0n) is 7.94. The lowest BCUT2D eigenvalue weighted by atomic mass is 10.1. The van der Waals surface area contributed by atoms with E-state index in [-0.39, 0.29) is 6.04 Å². The fraction of sp³-hybridized carbons (Fsp3) is 0.200. The fourth-order valence-electron chi connectivity index (χ4n) is 1.35. The minimum Gasteiger partial charge on any atom is -0.271 e. The third-order valence-corrected chi connectivity index (χ3v) is 2.24. The molecule has 3 N–H and O–H groups in total. The first-order valence-corrected chi connectivity index (χ1v) is 4.48. The topological polar surface area (TPSA) is 63.8 Å². The van der Waals surface area contributed by atoms with Gasteiger partial charge < -0.3 is 0 Å². The van der Waals surface area contributed by atoms with Gasteiger partial charge in [0.25, 0.3) is 0 Å². The van der Waals surface area contributed by atoms with E-state index in [1.54, 1.807) is 12.4 Å². The highest BCUT2D eigenvalue weighted by molar-refractivity contribution is 5.74. The summed E-state index contributed by atoms with van der Waals surface area (Å²) < 4.78 is 0. The first-order chi connectivity index (χ1) is 6.81. The van der Waals surface area contributed by atoms with Gasteiger partial charge in [-0.25, -0.2) is 0 Å². The number of nitrogens with zero attached hydrogens (tertiary/aromatic N) is 2. The monoisotopic (exact) mass is 188 g/mol. The number of fused-ring (bicyclic) bond motifs is 1. The number of nitrogens with one attached hydrogen (secondary N) is 1. The zero-order valence-corrected chi connectivity index (χ0v) is 7.94. The van der Waals surface area contributed by atoms with Crippen molar-refractivity contribution in [2.24, 2.45) is 5.84 Å². The van der Waals surface area contributed by atoms with Crippen molar-refractivity contribution in [3.63, 3.8) is 0 Å². The van der Waals surface area contributed by atoms with Crippen LogP contribution >= 0.6 is 0 Å². The summed E-state index contributed by atoms with van der Waals surface area (Å²) in [4.78, 5) is 8.42. The van der Waals surface area contributed by atoms with Gasteiger partial charge in [0.2, 0.25) is 0 Å². The van der Waals surface area contributed by atoms with Crippen LogP contribution in [0, 0.1) is 0 Å². The molecule has 0 aliphatic rings. The largest absolute Gasteiger partial charge is 0.271 e. The van der Waals surface area contributed by atoms with Gasteiger partial charge in [-0.3, -0.25) is 21.2 Å². The molecule has 0 saturated heterocycles. The van der Waals surface area contributed by atoms with E-state index in [0.717, 1.165) is 16.6 Å². The van der Waals surface area contributed by atoms with Gasteiger partial charge in [-0.2, -0.15) is 0 Å². The van der Waals surface area contributed by atoms with Crippen LogP contribution in [0.15, 0.2) is 30.6 Å². The van der Waals surface area contributed by atoms with Crippen LogP contribution < -0.4 is 11.3 Å². The Bertz CT molecular complexity index is 441. The molecule has 14 heavy (non-hydrogen) atoms. The van der Waals surface area contributed by atoms with Crippen LogP contribution in [0.2, 0.25) is 0 Å². The Morgan fingerprint density at radius 3 is 2.64 bits per heavy atom. The summed E-state index contributed by atoms with van der Waals surface area (Å²) in [5.74, 6) is 5.36. The summed E-state index contributed by atoms with van der Waals surface area (Å²) in [6.45, 7) is 2.00. The molecule has 0 radical (unpaired) electrons. The van der Waals surface area contributed by atoms with E-state index in [9.17, 15) is 0 Å². The van der Waals surface area contributed by atoms with Gasteiger partial charge in [0.05, 0.1) is 11.0 Å². The lowest BCUT2D eigenvalue weighted by molar-refractivity contribution is 0.603. The van der Waals surface area contributed by atoms with Crippen molar-refractivity contribution in [2.45, 2.75) is 13.0 Å². The summed E-state index contributed by atoms with van der Waals surface area (Å²) in [5, 5.41) is 0. The van der Waals surface area contributed by atoms with Gasteiger partial charge in [0.1, 0.15) is 0 Å². The van der Waals surface area contributed by atoms with E-state index in [1.807, 2.05) is 25.1 Å². The number of nitrogens with two attached hydrogens (primary N) is 1. The number of hydrogen-bond acceptors (Lipinski definition) is 4. The van der Waals surface area contributed by atoms with Crippen LogP contribution in [0.1, 0.15) is 18.5 Å². The first-order valence-electron chi connectivity index (χ1n) is 4.48. The molecule has 1 aromatic heterocycles. The second-order valence-electron chi connectivity index (χ2n) is 3.19. The van der Waals surface area contributed by atoms with Crippen molar-refractivity contribution in [2.75, 3.05) is 0 Å². The Morgan fingerprint density at radius 2 is 1.93 bits per heavy atom. The lowest BCUT2D eigenvalue weighted by Gasteiger charge is -2.10. The molecule has 0 fully saturated rings. The Hall–Kier alpha value is -1.52. The molecule has 0 spiro atoms. The molecular weight excluding hydrogens is 176 g/mol. The number of rotatable bonds is 2. The summed E-state index contributed by atoms with van der Waals surface area (Å²) in [6.07, 6.45) is 3.37. The van der Waals surface area contributed by atoms with Crippen LogP contribution in [0.25, 0.3) is 11.0 Å². The van der Waals surface area contributed by atoms with E-state index < -0.39 is 0 Å². The number of hydrogen-bond donors (Lipinski definition) is 2. The Labute approximate surface area is 82.1 Å². The minimum absolute atomic E-state index is 0.126. The van der Waals surface area contributed by atoms with Crippen molar-refractivity contribution < 1.29 is 0 Å². The number of aromatic nitrogens is 2. The molecule has 0 aliphatic heterocycles. The second kappa shape index (κ2) is 3.69. The molecule has 0 aliphatic carbocycles. The summed E-state index contributed by atoms with van der Waals surface area (Å²) >= 11 is 0. The number of benzene rings is 1. The molecule has 0 saturated carbocycles. The van der Waals surface area contributed by atoms with Crippen LogP contribution in [0.4, 0.5) is 0 Å². The molecule has 0 amide bonds. The predicted octanol–water partition coefficient (Wildman–Crippen LogP) is 1.15. The van der Waals surface area contributed by atoms with E-state index in [1.165, 1.54) is 0 Å². The third kappa shape index (κ3) is 1.57. The van der Waals surface area contributed by atoms with E-state index in [0.29, 0.717) is 0 Å². The van der Waals surface area contributed by atoms with Crippen LogP contribution in [-0.2, 0) is 0 Å². The molecule has 1 atom stereocenters. The van der Waals surface area contributed by atoms with Crippen LogP contribution in [-0.4, -0.2) is 9.97 Å². The predicted molar refractivity (Wildman–Crippen MR) is 55.3 cm³/mol. The van der Waals surface area contributed by atoms with Gasteiger partial charge in [-0.1, -0.05) is 6.07 Å². The standard InChI is InChI=1S/C10H12N4/c1-7(14-11)8-2-3-9-10(6-8)13-5-4-12-9/h2-7,14H,11H2,1H3. The normalized spacial score (nSPS) is 13.0. The Morgan fingerprint density at radius 1 is 1.21 bits per heavy atom. The first kappa shape index (κ1) is 9.05. The zero-order chi connectivity index (χ0) is 9.97. The molecule has 1 unspecified atom stereocenters. The van der Waals surface area contributed by atoms with Crippen LogP contribution in [0.3, 0.4) is 0 Å². The van der Waals surface area contributed by atoms with E-state index in [4.69, 9.17) is 5.84 Å². The van der Waals surface area contributed by atoms with Crippen molar-refractivity contribution >= 4 is 11.0 Å². The Kier molecular flexibility index (Phi) is 2.39. The summed E-state index contributed by atoms with van der Waals surface area (Å²) in [7, 11) is 0.